The van der Waals surface area contributed by atoms with Gasteiger partial charge in [-0.1, -0.05) is 48.6 Å². The van der Waals surface area contributed by atoms with Crippen molar-refractivity contribution < 1.29 is 4.79 Å². The second kappa shape index (κ2) is 5.80. The van der Waals surface area contributed by atoms with E-state index in [1.54, 1.807) is 0 Å². The Labute approximate surface area is 131 Å². The molecule has 1 aliphatic carbocycles. The second-order valence-electron chi connectivity index (χ2n) is 5.81. The number of carbonyl (C=O) groups excluding carboxylic acids is 1. The largest absolute Gasteiger partial charge is 0.338 e. The van der Waals surface area contributed by atoms with E-state index in [4.69, 9.17) is 0 Å². The van der Waals surface area contributed by atoms with E-state index in [9.17, 15) is 4.79 Å². The fourth-order valence-corrected chi connectivity index (χ4v) is 3.61. The molecule has 0 fully saturated rings. The van der Waals surface area contributed by atoms with Gasteiger partial charge in [0, 0.05) is 11.5 Å². The van der Waals surface area contributed by atoms with Gasteiger partial charge >= 0.3 is 0 Å². The molecule has 0 bridgehead atoms. The molecule has 2 aliphatic rings. The average molecular weight is 291 g/mol. The molecule has 1 amide bonds. The van der Waals surface area contributed by atoms with Crippen LogP contribution in [0.2, 0.25) is 0 Å². The highest BCUT2D eigenvalue weighted by Gasteiger charge is 2.48. The minimum absolute atomic E-state index is 0.00798. The molecule has 0 spiro atoms. The van der Waals surface area contributed by atoms with Crippen molar-refractivity contribution in [3.05, 3.63) is 84.5 Å². The molecule has 1 N–H and O–H groups in total. The van der Waals surface area contributed by atoms with E-state index in [-0.39, 0.29) is 11.8 Å². The number of hydrogen-bond acceptors (Lipinski definition) is 1. The van der Waals surface area contributed by atoms with Gasteiger partial charge in [0.15, 0.2) is 0 Å². The number of benzene rings is 1. The second-order valence-corrected chi connectivity index (χ2v) is 5.81. The zero-order chi connectivity index (χ0) is 15.6. The standard InChI is InChI=1S/C20H21NO/c1-3-10-15(4-2)20(16-11-6-5-7-12-16)18-14-9-8-13-17(18)19(22)21-20/h3-4,6,8-9,11-15H,1-2,5,7,10H2,(H,21,22). The molecule has 22 heavy (non-hydrogen) atoms. The van der Waals surface area contributed by atoms with Crippen LogP contribution in [-0.4, -0.2) is 5.91 Å². The lowest BCUT2D eigenvalue weighted by Crippen LogP contribution is -2.46. The van der Waals surface area contributed by atoms with E-state index in [0.29, 0.717) is 0 Å². The molecular formula is C20H21NO. The van der Waals surface area contributed by atoms with Crippen LogP contribution in [0.1, 0.15) is 35.2 Å². The van der Waals surface area contributed by atoms with Gasteiger partial charge in [-0.05, 0) is 36.5 Å². The first-order chi connectivity index (χ1) is 10.7. The lowest BCUT2D eigenvalue weighted by molar-refractivity contribution is 0.0927. The maximum absolute atomic E-state index is 12.5. The highest BCUT2D eigenvalue weighted by Crippen LogP contribution is 2.46. The predicted molar refractivity (Wildman–Crippen MR) is 90.5 cm³/mol. The maximum Gasteiger partial charge on any atom is 0.252 e. The lowest BCUT2D eigenvalue weighted by Gasteiger charge is -2.38. The van der Waals surface area contributed by atoms with Gasteiger partial charge in [-0.2, -0.15) is 0 Å². The Balaban J connectivity index is 2.23. The summed E-state index contributed by atoms with van der Waals surface area (Å²) < 4.78 is 0. The highest BCUT2D eigenvalue weighted by molar-refractivity contribution is 6.01. The molecule has 0 radical (unpaired) electrons. The minimum Gasteiger partial charge on any atom is -0.338 e. The minimum atomic E-state index is -0.527. The predicted octanol–water partition coefficient (Wildman–Crippen LogP) is 4.28. The van der Waals surface area contributed by atoms with Crippen LogP contribution in [-0.2, 0) is 5.54 Å². The Kier molecular flexibility index (Phi) is 3.84. The molecule has 112 valence electrons. The monoisotopic (exact) mass is 291 g/mol. The Morgan fingerprint density at radius 1 is 1.27 bits per heavy atom. The summed E-state index contributed by atoms with van der Waals surface area (Å²) in [7, 11) is 0. The summed E-state index contributed by atoms with van der Waals surface area (Å²) in [5.41, 5.74) is 2.44. The molecular weight excluding hydrogens is 270 g/mol. The molecule has 2 heteroatoms. The van der Waals surface area contributed by atoms with Crippen molar-refractivity contribution >= 4 is 5.91 Å². The highest BCUT2D eigenvalue weighted by atomic mass is 16.2. The van der Waals surface area contributed by atoms with Crippen molar-refractivity contribution in [3.63, 3.8) is 0 Å². The van der Waals surface area contributed by atoms with Crippen LogP contribution >= 0.6 is 0 Å². The molecule has 2 unspecified atom stereocenters. The molecule has 3 rings (SSSR count). The van der Waals surface area contributed by atoms with Gasteiger partial charge in [-0.3, -0.25) is 4.79 Å². The summed E-state index contributed by atoms with van der Waals surface area (Å²) >= 11 is 0. The van der Waals surface area contributed by atoms with Crippen molar-refractivity contribution in [3.8, 4) is 0 Å². The Bertz CT molecular complexity index is 683. The summed E-state index contributed by atoms with van der Waals surface area (Å²) in [6.07, 6.45) is 13.2. The van der Waals surface area contributed by atoms with E-state index >= 15 is 0 Å². The zero-order valence-corrected chi connectivity index (χ0v) is 12.7. The van der Waals surface area contributed by atoms with E-state index in [1.165, 1.54) is 0 Å². The molecule has 0 aromatic heterocycles. The Morgan fingerprint density at radius 2 is 2.09 bits per heavy atom. The van der Waals surface area contributed by atoms with Crippen LogP contribution in [0.5, 0.6) is 0 Å². The van der Waals surface area contributed by atoms with E-state index in [1.807, 2.05) is 30.4 Å². The van der Waals surface area contributed by atoms with E-state index in [0.717, 1.165) is 36.0 Å². The third kappa shape index (κ3) is 2.07. The molecule has 0 saturated heterocycles. The normalized spacial score (nSPS) is 24.2. The van der Waals surface area contributed by atoms with Crippen LogP contribution in [0.25, 0.3) is 0 Å². The van der Waals surface area contributed by atoms with Gasteiger partial charge in [0.1, 0.15) is 0 Å². The third-order valence-corrected chi connectivity index (χ3v) is 4.62. The molecule has 1 heterocycles. The number of fused-ring (bicyclic) bond motifs is 1. The van der Waals surface area contributed by atoms with E-state index in [2.05, 4.69) is 42.8 Å². The van der Waals surface area contributed by atoms with Crippen LogP contribution in [0.4, 0.5) is 0 Å². The number of carbonyl (C=O) groups is 1. The zero-order valence-electron chi connectivity index (χ0n) is 12.7. The Hall–Kier alpha value is -2.35. The summed E-state index contributed by atoms with van der Waals surface area (Å²) in [5.74, 6) is 0.0676. The van der Waals surface area contributed by atoms with Crippen LogP contribution in [0, 0.1) is 5.92 Å². The summed E-state index contributed by atoms with van der Waals surface area (Å²) in [4.78, 5) is 12.5. The summed E-state index contributed by atoms with van der Waals surface area (Å²) in [6, 6.07) is 7.86. The fourth-order valence-electron chi connectivity index (χ4n) is 3.61. The maximum atomic E-state index is 12.5. The van der Waals surface area contributed by atoms with Gasteiger partial charge in [0.25, 0.3) is 5.91 Å². The van der Waals surface area contributed by atoms with Crippen molar-refractivity contribution in [1.82, 2.24) is 5.32 Å². The molecule has 1 aromatic rings. The van der Waals surface area contributed by atoms with Crippen LogP contribution in [0.3, 0.4) is 0 Å². The number of rotatable bonds is 5. The first-order valence-corrected chi connectivity index (χ1v) is 7.76. The van der Waals surface area contributed by atoms with Crippen molar-refractivity contribution in [2.75, 3.05) is 0 Å². The van der Waals surface area contributed by atoms with Gasteiger partial charge in [0.2, 0.25) is 0 Å². The average Bonchev–Trinajstić information content (AvgIpc) is 2.88. The first-order valence-electron chi connectivity index (χ1n) is 7.76. The first kappa shape index (κ1) is 14.6. The van der Waals surface area contributed by atoms with E-state index < -0.39 is 5.54 Å². The smallest absolute Gasteiger partial charge is 0.252 e. The van der Waals surface area contributed by atoms with Crippen molar-refractivity contribution in [1.29, 1.82) is 0 Å². The molecule has 2 atom stereocenters. The lowest BCUT2D eigenvalue weighted by atomic mass is 9.71. The van der Waals surface area contributed by atoms with Crippen LogP contribution < -0.4 is 5.32 Å². The SMILES string of the molecule is C=CCC(C=C)C1(C2=CCCC=C2)NC(=O)c2ccccc21. The van der Waals surface area contributed by atoms with Gasteiger partial charge in [-0.25, -0.2) is 0 Å². The molecule has 1 aromatic carbocycles. The Morgan fingerprint density at radius 3 is 2.77 bits per heavy atom. The van der Waals surface area contributed by atoms with Crippen molar-refractivity contribution in [2.24, 2.45) is 5.92 Å². The van der Waals surface area contributed by atoms with Crippen LogP contribution in [0.15, 0.2) is 73.4 Å². The van der Waals surface area contributed by atoms with Gasteiger partial charge in [0.05, 0.1) is 5.54 Å². The third-order valence-electron chi connectivity index (χ3n) is 4.62. The fraction of sp³-hybridized carbons (Fsp3) is 0.250. The molecule has 0 saturated carbocycles. The van der Waals surface area contributed by atoms with Crippen molar-refractivity contribution in [2.45, 2.75) is 24.8 Å². The quantitative estimate of drug-likeness (QED) is 0.806. The van der Waals surface area contributed by atoms with Gasteiger partial charge < -0.3 is 5.32 Å². The topological polar surface area (TPSA) is 29.1 Å². The van der Waals surface area contributed by atoms with Gasteiger partial charge in [-0.15, -0.1) is 13.2 Å². The molecule has 1 aliphatic heterocycles. The number of hydrogen-bond donors (Lipinski definition) is 1. The number of nitrogens with one attached hydrogen (secondary N) is 1. The number of amides is 1. The summed E-state index contributed by atoms with van der Waals surface area (Å²) in [5, 5.41) is 3.26. The number of allylic oxidation sites excluding steroid dienone is 3. The molecule has 2 nitrogen and oxygen atoms in total. The summed E-state index contributed by atoms with van der Waals surface area (Å²) in [6.45, 7) is 7.88.